The molecule has 17 heavy (non-hydrogen) atoms. The van der Waals surface area contributed by atoms with Gasteiger partial charge in [-0.05, 0) is 5.56 Å². The van der Waals surface area contributed by atoms with Crippen molar-refractivity contribution in [3.05, 3.63) is 59.6 Å². The molecule has 2 rings (SSSR count). The van der Waals surface area contributed by atoms with Gasteiger partial charge >= 0.3 is 0 Å². The average molecular weight is 226 g/mol. The third-order valence-electron chi connectivity index (χ3n) is 2.36. The summed E-state index contributed by atoms with van der Waals surface area (Å²) in [5.74, 6) is 0.824. The fraction of sp³-hybridized carbons (Fsp3) is 0.231. The maximum Gasteiger partial charge on any atom is 0.231 e. The van der Waals surface area contributed by atoms with Crippen molar-refractivity contribution in [2.45, 2.75) is 6.54 Å². The summed E-state index contributed by atoms with van der Waals surface area (Å²) in [7, 11) is 0. The molecule has 0 radical (unpaired) electrons. The Morgan fingerprint density at radius 2 is 2.06 bits per heavy atom. The molecule has 0 unspecified atom stereocenters. The van der Waals surface area contributed by atoms with E-state index in [1.165, 1.54) is 5.56 Å². The van der Waals surface area contributed by atoms with Gasteiger partial charge in [-0.3, -0.25) is 4.68 Å². The van der Waals surface area contributed by atoms with E-state index in [0.717, 1.165) is 12.4 Å². The summed E-state index contributed by atoms with van der Waals surface area (Å²) in [4.78, 5) is 3.28. The van der Waals surface area contributed by atoms with Crippen LogP contribution in [-0.4, -0.2) is 22.9 Å². The Morgan fingerprint density at radius 3 is 2.82 bits per heavy atom. The van der Waals surface area contributed by atoms with E-state index in [4.69, 9.17) is 6.57 Å². The van der Waals surface area contributed by atoms with Crippen LogP contribution in [0.3, 0.4) is 0 Å². The maximum absolute atomic E-state index is 6.68. The van der Waals surface area contributed by atoms with Gasteiger partial charge in [0.1, 0.15) is 5.82 Å². The highest BCUT2D eigenvalue weighted by atomic mass is 15.3. The second-order valence-corrected chi connectivity index (χ2v) is 3.69. The fourth-order valence-electron chi connectivity index (χ4n) is 1.55. The molecule has 0 bridgehead atoms. The minimum atomic E-state index is 0.478. The Bertz CT molecular complexity index is 496. The summed E-state index contributed by atoms with van der Waals surface area (Å²) in [6.45, 7) is 8.57. The van der Waals surface area contributed by atoms with E-state index < -0.39 is 0 Å². The topological polar surface area (TPSA) is 34.2 Å². The van der Waals surface area contributed by atoms with Gasteiger partial charge in [0.05, 0.1) is 13.1 Å². The molecule has 1 N–H and O–H groups in total. The molecule has 0 saturated heterocycles. The van der Waals surface area contributed by atoms with Crippen molar-refractivity contribution in [3.63, 3.8) is 0 Å². The Hall–Kier alpha value is -2.28. The van der Waals surface area contributed by atoms with Gasteiger partial charge in [0.15, 0.2) is 0 Å². The minimum Gasteiger partial charge on any atom is -0.361 e. The molecule has 1 aromatic heterocycles. The summed E-state index contributed by atoms with van der Waals surface area (Å²) in [6.07, 6.45) is 1.94. The van der Waals surface area contributed by atoms with Crippen LogP contribution in [0.5, 0.6) is 0 Å². The van der Waals surface area contributed by atoms with E-state index in [1.807, 2.05) is 35.1 Å². The number of hydrogen-bond acceptors (Lipinski definition) is 2. The first-order chi connectivity index (χ1) is 8.38. The third-order valence-corrected chi connectivity index (χ3v) is 2.36. The quantitative estimate of drug-likeness (QED) is 0.627. The molecule has 0 fully saturated rings. The van der Waals surface area contributed by atoms with Crippen LogP contribution in [0.15, 0.2) is 42.6 Å². The first kappa shape index (κ1) is 11.2. The molecular weight excluding hydrogens is 212 g/mol. The van der Waals surface area contributed by atoms with Crippen LogP contribution in [0.1, 0.15) is 5.56 Å². The van der Waals surface area contributed by atoms with Crippen LogP contribution in [0.25, 0.3) is 4.85 Å². The first-order valence-corrected chi connectivity index (χ1v) is 5.53. The highest BCUT2D eigenvalue weighted by molar-refractivity contribution is 5.32. The molecular formula is C13H14N4. The van der Waals surface area contributed by atoms with Gasteiger partial charge in [-0.25, -0.2) is 6.57 Å². The predicted molar refractivity (Wildman–Crippen MR) is 67.7 cm³/mol. The molecule has 0 spiro atoms. The SMILES string of the molecule is [C-]#[N+]CCNc1ccn(Cc2ccccc2)n1. The van der Waals surface area contributed by atoms with E-state index in [2.05, 4.69) is 27.4 Å². The average Bonchev–Trinajstić information content (AvgIpc) is 2.79. The van der Waals surface area contributed by atoms with Gasteiger partial charge < -0.3 is 10.2 Å². The van der Waals surface area contributed by atoms with E-state index in [1.54, 1.807) is 0 Å². The van der Waals surface area contributed by atoms with Crippen molar-refractivity contribution >= 4 is 5.82 Å². The zero-order valence-corrected chi connectivity index (χ0v) is 9.50. The van der Waals surface area contributed by atoms with Gasteiger partial charge in [-0.2, -0.15) is 5.10 Å². The Kier molecular flexibility index (Phi) is 3.77. The lowest BCUT2D eigenvalue weighted by Crippen LogP contribution is -2.06. The fourth-order valence-corrected chi connectivity index (χ4v) is 1.55. The van der Waals surface area contributed by atoms with Gasteiger partial charge in [-0.1, -0.05) is 30.3 Å². The molecule has 0 aliphatic carbocycles. The van der Waals surface area contributed by atoms with Crippen LogP contribution in [0.4, 0.5) is 5.82 Å². The highest BCUT2D eigenvalue weighted by Crippen LogP contribution is 2.05. The van der Waals surface area contributed by atoms with Crippen LogP contribution in [0, 0.1) is 6.57 Å². The number of rotatable bonds is 5. The molecule has 86 valence electrons. The second kappa shape index (κ2) is 5.71. The summed E-state index contributed by atoms with van der Waals surface area (Å²) >= 11 is 0. The smallest absolute Gasteiger partial charge is 0.231 e. The predicted octanol–water partition coefficient (Wildman–Crippen LogP) is 2.26. The van der Waals surface area contributed by atoms with E-state index in [9.17, 15) is 0 Å². The monoisotopic (exact) mass is 226 g/mol. The molecule has 4 nitrogen and oxygen atoms in total. The number of anilines is 1. The normalized spacial score (nSPS) is 9.82. The maximum atomic E-state index is 6.68. The van der Waals surface area contributed by atoms with Crippen LogP contribution >= 0.6 is 0 Å². The van der Waals surface area contributed by atoms with Crippen molar-refractivity contribution in [2.24, 2.45) is 0 Å². The number of aromatic nitrogens is 2. The van der Waals surface area contributed by atoms with Gasteiger partial charge in [0.2, 0.25) is 6.54 Å². The molecule has 0 aliphatic rings. The number of nitrogens with one attached hydrogen (secondary N) is 1. The van der Waals surface area contributed by atoms with Crippen LogP contribution < -0.4 is 5.32 Å². The number of nitrogens with zero attached hydrogens (tertiary/aromatic N) is 3. The molecule has 0 aliphatic heterocycles. The number of benzene rings is 1. The Labute approximate surface area is 101 Å². The van der Waals surface area contributed by atoms with E-state index in [0.29, 0.717) is 13.1 Å². The van der Waals surface area contributed by atoms with Gasteiger partial charge in [0, 0.05) is 12.3 Å². The van der Waals surface area contributed by atoms with E-state index in [-0.39, 0.29) is 0 Å². The molecule has 2 aromatic rings. The van der Waals surface area contributed by atoms with Crippen molar-refractivity contribution < 1.29 is 0 Å². The van der Waals surface area contributed by atoms with Crippen molar-refractivity contribution in [3.8, 4) is 0 Å². The zero-order valence-electron chi connectivity index (χ0n) is 9.50. The standard InChI is InChI=1S/C13H14N4/c1-14-8-9-15-13-7-10-17(16-13)11-12-5-3-2-4-6-12/h2-7,10H,8-9,11H2,(H,15,16). The summed E-state index contributed by atoms with van der Waals surface area (Å²) in [5, 5.41) is 7.49. The summed E-state index contributed by atoms with van der Waals surface area (Å²) in [6, 6.07) is 12.1. The van der Waals surface area contributed by atoms with Crippen LogP contribution in [-0.2, 0) is 6.54 Å². The Morgan fingerprint density at radius 1 is 1.24 bits per heavy atom. The molecule has 0 amide bonds. The second-order valence-electron chi connectivity index (χ2n) is 3.69. The lowest BCUT2D eigenvalue weighted by atomic mass is 10.2. The lowest BCUT2D eigenvalue weighted by Gasteiger charge is -2.01. The highest BCUT2D eigenvalue weighted by Gasteiger charge is 1.99. The zero-order chi connectivity index (χ0) is 11.9. The summed E-state index contributed by atoms with van der Waals surface area (Å²) < 4.78 is 1.88. The first-order valence-electron chi connectivity index (χ1n) is 5.53. The summed E-state index contributed by atoms with van der Waals surface area (Å²) in [5.41, 5.74) is 1.23. The number of hydrogen-bond donors (Lipinski definition) is 1. The Balaban J connectivity index is 1.93. The molecule has 4 heteroatoms. The van der Waals surface area contributed by atoms with Crippen molar-refractivity contribution in [1.29, 1.82) is 0 Å². The lowest BCUT2D eigenvalue weighted by molar-refractivity contribution is 0.688. The molecule has 1 heterocycles. The van der Waals surface area contributed by atoms with Gasteiger partial charge in [0.25, 0.3) is 0 Å². The van der Waals surface area contributed by atoms with E-state index >= 15 is 0 Å². The minimum absolute atomic E-state index is 0.478. The molecule has 0 saturated carbocycles. The van der Waals surface area contributed by atoms with Crippen LogP contribution in [0.2, 0.25) is 0 Å². The molecule has 0 atom stereocenters. The largest absolute Gasteiger partial charge is 0.361 e. The van der Waals surface area contributed by atoms with Crippen molar-refractivity contribution in [1.82, 2.24) is 9.78 Å². The molecule has 1 aromatic carbocycles. The van der Waals surface area contributed by atoms with Gasteiger partial charge in [-0.15, -0.1) is 0 Å². The third kappa shape index (κ3) is 3.35. The van der Waals surface area contributed by atoms with Crippen molar-refractivity contribution in [2.75, 3.05) is 18.4 Å².